The summed E-state index contributed by atoms with van der Waals surface area (Å²) in [6.07, 6.45) is -15.4. The summed E-state index contributed by atoms with van der Waals surface area (Å²) >= 11 is 0. The fraction of sp³-hybridized carbons (Fsp3) is 0.750. The Morgan fingerprint density at radius 2 is 0.927 bits per heavy atom. The zero-order valence-corrected chi connectivity index (χ0v) is 23.2. The Kier molecular flexibility index (Phi) is 12.4. The Labute approximate surface area is 234 Å². The lowest BCUT2D eigenvalue weighted by Crippen LogP contribution is -2.64. The molecule has 2 saturated heterocycles. The van der Waals surface area contributed by atoms with E-state index in [2.05, 4.69) is 0 Å². The quantitative estimate of drug-likeness (QED) is 0.206. The third-order valence-corrected chi connectivity index (χ3v) is 5.61. The Hall–Kier alpha value is -3.38. The molecule has 2 aliphatic heterocycles. The van der Waals surface area contributed by atoms with Gasteiger partial charge in [-0.3, -0.25) is 28.8 Å². The van der Waals surface area contributed by atoms with Gasteiger partial charge in [0.15, 0.2) is 30.7 Å². The minimum atomic E-state index is -1.67. The molecule has 0 radical (unpaired) electrons. The van der Waals surface area contributed by atoms with Crippen LogP contribution in [0.15, 0.2) is 0 Å². The highest BCUT2D eigenvalue weighted by Crippen LogP contribution is 2.32. The molecule has 0 aliphatic carbocycles. The monoisotopic (exact) mass is 594 g/mol. The molecule has 0 aromatic heterocycles. The Bertz CT molecular complexity index is 981. The molecule has 0 spiro atoms. The van der Waals surface area contributed by atoms with Crippen LogP contribution in [0.5, 0.6) is 0 Å². The molecular formula is C24H34O17. The summed E-state index contributed by atoms with van der Waals surface area (Å²) in [5, 5.41) is 20.2. The number of ether oxygens (including phenoxy) is 9. The van der Waals surface area contributed by atoms with Crippen LogP contribution in [-0.2, 0) is 71.4 Å². The van der Waals surface area contributed by atoms with E-state index in [1.165, 1.54) is 0 Å². The molecule has 17 heteroatoms. The van der Waals surface area contributed by atoms with Crippen LogP contribution in [0.2, 0.25) is 0 Å². The lowest BCUT2D eigenvalue weighted by Gasteiger charge is -2.45. The van der Waals surface area contributed by atoms with E-state index in [1.54, 1.807) is 0 Å². The number of esters is 6. The summed E-state index contributed by atoms with van der Waals surface area (Å²) in [4.78, 5) is 71.0. The van der Waals surface area contributed by atoms with E-state index in [0.29, 0.717) is 0 Å². The fourth-order valence-corrected chi connectivity index (χ4v) is 4.26. The molecule has 0 aromatic carbocycles. The second-order valence-electron chi connectivity index (χ2n) is 9.07. The SMILES string of the molecule is CC(=O)O[C@@H]1O[C@H](CO[C@@H]2O[C@H](CO)[C@@H](O)[C@H](OC(C)=O)[C@H]2OC(C)=O)[C@@H](OC(C)=O)[C@H](OC(C)=O)[C@H]1OC(C)=O. The van der Waals surface area contributed by atoms with Gasteiger partial charge >= 0.3 is 35.8 Å². The molecule has 2 rings (SSSR count). The number of rotatable bonds is 10. The molecule has 2 N–H and O–H groups in total. The normalized spacial score (nSPS) is 33.1. The summed E-state index contributed by atoms with van der Waals surface area (Å²) < 4.78 is 48.3. The highest BCUT2D eigenvalue weighted by atomic mass is 16.8. The molecule has 0 aromatic rings. The highest BCUT2D eigenvalue weighted by molar-refractivity contribution is 5.69. The van der Waals surface area contributed by atoms with Gasteiger partial charge in [0.1, 0.15) is 18.3 Å². The van der Waals surface area contributed by atoms with Crippen LogP contribution in [0.3, 0.4) is 0 Å². The second kappa shape index (κ2) is 15.0. The van der Waals surface area contributed by atoms with E-state index in [1.807, 2.05) is 0 Å². The molecule has 2 fully saturated rings. The minimum Gasteiger partial charge on any atom is -0.456 e. The largest absolute Gasteiger partial charge is 0.456 e. The van der Waals surface area contributed by atoms with Gasteiger partial charge in [-0.25, -0.2) is 0 Å². The van der Waals surface area contributed by atoms with Crippen LogP contribution >= 0.6 is 0 Å². The molecule has 17 nitrogen and oxygen atoms in total. The summed E-state index contributed by atoms with van der Waals surface area (Å²) in [5.41, 5.74) is 0. The number of carbonyl (C=O) groups is 6. The van der Waals surface area contributed by atoms with Crippen LogP contribution in [0.4, 0.5) is 0 Å². The molecule has 41 heavy (non-hydrogen) atoms. The van der Waals surface area contributed by atoms with Crippen LogP contribution < -0.4 is 0 Å². The zero-order valence-electron chi connectivity index (χ0n) is 23.2. The molecule has 10 atom stereocenters. The third kappa shape index (κ3) is 9.60. The summed E-state index contributed by atoms with van der Waals surface area (Å²) in [7, 11) is 0. The molecule has 0 bridgehead atoms. The molecule has 2 aliphatic rings. The lowest BCUT2D eigenvalue weighted by atomic mass is 9.97. The van der Waals surface area contributed by atoms with E-state index in [9.17, 15) is 39.0 Å². The van der Waals surface area contributed by atoms with E-state index in [4.69, 9.17) is 42.6 Å². The highest BCUT2D eigenvalue weighted by Gasteiger charge is 2.55. The molecule has 2 heterocycles. The van der Waals surface area contributed by atoms with Crippen LogP contribution in [0.1, 0.15) is 41.5 Å². The standard InChI is InChI=1S/C24H34O17/c1-9(26)34-18-16(41-24(39-14(6)31)22(38-13(5)30)20(18)36-11(3)28)8-33-23-21(37-12(4)29)19(35-10(2)27)17(32)15(7-25)40-23/h15-25,32H,7-8H2,1-6H3/t15-,16-,17-,18-,19+,20+,21-,22-,23-,24-/m1/s1. The molecule has 232 valence electrons. The van der Waals surface area contributed by atoms with Gasteiger partial charge in [-0.2, -0.15) is 0 Å². The van der Waals surface area contributed by atoms with Crippen molar-refractivity contribution in [3.05, 3.63) is 0 Å². The summed E-state index contributed by atoms with van der Waals surface area (Å²) in [6, 6.07) is 0. The number of aliphatic hydroxyl groups excluding tert-OH is 2. The Morgan fingerprint density at radius 3 is 1.39 bits per heavy atom. The number of hydrogen-bond donors (Lipinski definition) is 2. The third-order valence-electron chi connectivity index (χ3n) is 5.61. The zero-order chi connectivity index (χ0) is 31.0. The topological polar surface area (TPSA) is 226 Å². The number of carbonyl (C=O) groups excluding carboxylic acids is 6. The van der Waals surface area contributed by atoms with E-state index in [-0.39, 0.29) is 0 Å². The van der Waals surface area contributed by atoms with Crippen LogP contribution in [0, 0.1) is 0 Å². The smallest absolute Gasteiger partial charge is 0.305 e. The first-order valence-electron chi connectivity index (χ1n) is 12.4. The predicted molar refractivity (Wildman–Crippen MR) is 126 cm³/mol. The van der Waals surface area contributed by atoms with E-state index >= 15 is 0 Å². The molecular weight excluding hydrogens is 560 g/mol. The van der Waals surface area contributed by atoms with Crippen molar-refractivity contribution in [2.45, 2.75) is 103 Å². The van der Waals surface area contributed by atoms with E-state index in [0.717, 1.165) is 41.5 Å². The summed E-state index contributed by atoms with van der Waals surface area (Å²) in [6.45, 7) is 4.85. The molecule has 0 unspecified atom stereocenters. The van der Waals surface area contributed by atoms with Gasteiger partial charge < -0.3 is 52.8 Å². The van der Waals surface area contributed by atoms with Crippen molar-refractivity contribution in [1.29, 1.82) is 0 Å². The maximum absolute atomic E-state index is 12.0. The van der Waals surface area contributed by atoms with Gasteiger partial charge in [0.2, 0.25) is 12.4 Å². The minimum absolute atomic E-state index is 0.621. The van der Waals surface area contributed by atoms with Crippen molar-refractivity contribution in [3.8, 4) is 0 Å². The number of aliphatic hydroxyl groups is 2. The Balaban J connectivity index is 2.45. The molecule has 0 saturated carbocycles. The number of hydrogen-bond acceptors (Lipinski definition) is 17. The van der Waals surface area contributed by atoms with Crippen LogP contribution in [0.25, 0.3) is 0 Å². The van der Waals surface area contributed by atoms with Crippen molar-refractivity contribution in [1.82, 2.24) is 0 Å². The maximum atomic E-state index is 12.0. The van der Waals surface area contributed by atoms with Gasteiger partial charge in [0, 0.05) is 41.5 Å². The second-order valence-corrected chi connectivity index (χ2v) is 9.07. The van der Waals surface area contributed by atoms with Crippen molar-refractivity contribution >= 4 is 35.8 Å². The van der Waals surface area contributed by atoms with Gasteiger partial charge in [-0.15, -0.1) is 0 Å². The van der Waals surface area contributed by atoms with Gasteiger partial charge in [-0.1, -0.05) is 0 Å². The fourth-order valence-electron chi connectivity index (χ4n) is 4.26. The maximum Gasteiger partial charge on any atom is 0.305 e. The first-order chi connectivity index (χ1) is 19.1. The van der Waals surface area contributed by atoms with Crippen molar-refractivity contribution < 1.29 is 81.6 Å². The molecule has 0 amide bonds. The van der Waals surface area contributed by atoms with Crippen molar-refractivity contribution in [3.63, 3.8) is 0 Å². The summed E-state index contributed by atoms with van der Waals surface area (Å²) in [5.74, 6) is -5.18. The lowest BCUT2D eigenvalue weighted by molar-refractivity contribution is -0.330. The van der Waals surface area contributed by atoms with Gasteiger partial charge in [-0.05, 0) is 0 Å². The average molecular weight is 595 g/mol. The average Bonchev–Trinajstić information content (AvgIpc) is 2.83. The first-order valence-corrected chi connectivity index (χ1v) is 12.4. The van der Waals surface area contributed by atoms with Gasteiger partial charge in [0.25, 0.3) is 0 Å². The van der Waals surface area contributed by atoms with E-state index < -0.39 is 110 Å². The van der Waals surface area contributed by atoms with Crippen molar-refractivity contribution in [2.75, 3.05) is 13.2 Å². The van der Waals surface area contributed by atoms with Crippen LogP contribution in [-0.4, -0.2) is 121 Å². The van der Waals surface area contributed by atoms with Gasteiger partial charge in [0.05, 0.1) is 13.2 Å². The Morgan fingerprint density at radius 1 is 0.537 bits per heavy atom. The first kappa shape index (κ1) is 33.8. The predicted octanol–water partition coefficient (Wildman–Crippen LogP) is -1.97. The van der Waals surface area contributed by atoms with Crippen molar-refractivity contribution in [2.24, 2.45) is 0 Å².